The highest BCUT2D eigenvalue weighted by Gasteiger charge is 2.53. The highest BCUT2D eigenvalue weighted by molar-refractivity contribution is 5.86. The fraction of sp³-hybridized carbons (Fsp3) is 0.571. The van der Waals surface area contributed by atoms with Crippen molar-refractivity contribution in [3.63, 3.8) is 0 Å². The molecule has 1 saturated heterocycles. The first-order chi connectivity index (χ1) is 22.2. The first-order valence-electron chi connectivity index (χ1n) is 15.9. The molecule has 1 fully saturated rings. The maximum absolute atomic E-state index is 13.3. The number of hydrogen-bond acceptors (Lipinski definition) is 11. The van der Waals surface area contributed by atoms with E-state index in [1.54, 1.807) is 29.2 Å². The molecular formula is C35H46N2O10. The zero-order valence-electron chi connectivity index (χ0n) is 28.0. The zero-order valence-corrected chi connectivity index (χ0v) is 28.0. The topological polar surface area (TPSA) is 148 Å². The molecule has 0 aromatic carbocycles. The average molecular weight is 655 g/mol. The third-order valence-electron chi connectivity index (χ3n) is 9.36. The van der Waals surface area contributed by atoms with Crippen LogP contribution in [0.25, 0.3) is 6.08 Å². The Labute approximate surface area is 275 Å². The van der Waals surface area contributed by atoms with Crippen LogP contribution in [0.5, 0.6) is 0 Å². The van der Waals surface area contributed by atoms with E-state index in [1.807, 2.05) is 20.0 Å². The van der Waals surface area contributed by atoms with Gasteiger partial charge in [-0.05, 0) is 50.3 Å². The molecular weight excluding hydrogens is 608 g/mol. The van der Waals surface area contributed by atoms with Crippen LogP contribution in [-0.2, 0) is 45.1 Å². The summed E-state index contributed by atoms with van der Waals surface area (Å²) in [7, 11) is 3.38. The van der Waals surface area contributed by atoms with Crippen LogP contribution in [0.3, 0.4) is 0 Å². The molecule has 256 valence electrons. The minimum Gasteiger partial charge on any atom is -0.456 e. The van der Waals surface area contributed by atoms with Crippen molar-refractivity contribution in [1.29, 1.82) is 0 Å². The summed E-state index contributed by atoms with van der Waals surface area (Å²) >= 11 is 0. The van der Waals surface area contributed by atoms with Crippen LogP contribution in [0.4, 0.5) is 0 Å². The summed E-state index contributed by atoms with van der Waals surface area (Å²) in [6, 6.07) is 0. The van der Waals surface area contributed by atoms with Gasteiger partial charge in [0.2, 0.25) is 5.79 Å². The third kappa shape index (κ3) is 7.38. The number of carbonyl (C=O) groups is 2. The summed E-state index contributed by atoms with van der Waals surface area (Å²) in [6.45, 7) is 9.12. The molecule has 0 saturated carbocycles. The number of imidazole rings is 1. The Hall–Kier alpha value is -3.39. The average Bonchev–Trinajstić information content (AvgIpc) is 3.61. The number of hydrogen-bond donors (Lipinski definition) is 2. The minimum absolute atomic E-state index is 0.0521. The number of allylic oxidation sites excluding steroid dienone is 5. The van der Waals surface area contributed by atoms with Crippen LogP contribution in [-0.4, -0.2) is 94.1 Å². The van der Waals surface area contributed by atoms with Gasteiger partial charge >= 0.3 is 11.9 Å². The lowest BCUT2D eigenvalue weighted by molar-refractivity contribution is -0.277. The molecule has 0 amide bonds. The maximum Gasteiger partial charge on any atom is 0.331 e. The molecule has 4 aliphatic rings. The maximum atomic E-state index is 13.3. The van der Waals surface area contributed by atoms with Gasteiger partial charge in [0, 0.05) is 44.8 Å². The van der Waals surface area contributed by atoms with Crippen molar-refractivity contribution >= 4 is 18.0 Å². The number of aryl methyl sites for hydroxylation is 1. The molecule has 0 unspecified atom stereocenters. The number of ether oxygens (including phenoxy) is 6. The van der Waals surface area contributed by atoms with Gasteiger partial charge in [0.05, 0.1) is 25.2 Å². The summed E-state index contributed by atoms with van der Waals surface area (Å²) in [5.74, 6) is -2.56. The van der Waals surface area contributed by atoms with Crippen LogP contribution < -0.4 is 0 Å². The minimum atomic E-state index is -1.40. The number of fused-ring (bicyclic) bond motifs is 3. The molecule has 0 radical (unpaired) electrons. The largest absolute Gasteiger partial charge is 0.456 e. The standard InChI is InChI=1S/C35H46N2O10/c1-20(2)25-10-8-21(3)26-15-29(46-30(40)11-9-24-16-37(6)19-36-24)34(5)12-13-35(42-7,47-34)23(14-27(25)26)17-43-33-32(45-22(4)38)31(41)28(39)18-44-33/h8-14,16,19-20,26-29,31-33,39,41H,15,17-18H2,1-7H3/b11-9+,23-14?/t26-,27+,28+,29-,31+,32-,33+,34-,35+/m0/s1. The van der Waals surface area contributed by atoms with Gasteiger partial charge in [0.1, 0.15) is 23.9 Å². The number of rotatable bonds is 9. The van der Waals surface area contributed by atoms with Gasteiger partial charge < -0.3 is 43.2 Å². The van der Waals surface area contributed by atoms with Gasteiger partial charge in [-0.3, -0.25) is 4.79 Å². The highest BCUT2D eigenvalue weighted by Crippen LogP contribution is 2.48. The van der Waals surface area contributed by atoms with Crippen molar-refractivity contribution in [3.8, 4) is 0 Å². The van der Waals surface area contributed by atoms with Crippen molar-refractivity contribution in [2.45, 2.75) is 83.1 Å². The van der Waals surface area contributed by atoms with Crippen LogP contribution in [0.2, 0.25) is 0 Å². The lowest BCUT2D eigenvalue weighted by Gasteiger charge is -2.39. The van der Waals surface area contributed by atoms with Crippen molar-refractivity contribution in [2.24, 2.45) is 24.8 Å². The molecule has 12 nitrogen and oxygen atoms in total. The number of aliphatic hydroxyl groups excluding tert-OH is 2. The molecule has 2 N–H and O–H groups in total. The Morgan fingerprint density at radius 3 is 2.64 bits per heavy atom. The number of aliphatic hydroxyl groups is 2. The van der Waals surface area contributed by atoms with Crippen LogP contribution >= 0.6 is 0 Å². The predicted octanol–water partition coefficient (Wildman–Crippen LogP) is 3.16. The molecule has 0 spiro atoms. The third-order valence-corrected chi connectivity index (χ3v) is 9.36. The summed E-state index contributed by atoms with van der Waals surface area (Å²) in [5, 5.41) is 20.8. The summed E-state index contributed by atoms with van der Waals surface area (Å²) in [5.41, 5.74) is 2.47. The van der Waals surface area contributed by atoms with E-state index in [1.165, 1.54) is 25.7 Å². The SMILES string of the molecule is CO[C@]12C=C[C@](C)(O1)[C@@H](OC(=O)/C=C/c1cn(C)cn1)C[C@H]1C(C)=CC=C(C(C)C)[C@H]1C=C2CO[C@@H]1OC[C@@H](O)[C@@H](O)[C@@H]1OC(C)=O. The van der Waals surface area contributed by atoms with E-state index in [2.05, 4.69) is 44.0 Å². The van der Waals surface area contributed by atoms with Crippen LogP contribution in [0, 0.1) is 17.8 Å². The van der Waals surface area contributed by atoms with E-state index < -0.39 is 54.0 Å². The fourth-order valence-corrected chi connectivity index (χ4v) is 6.72. The van der Waals surface area contributed by atoms with Crippen molar-refractivity contribution < 1.29 is 48.2 Å². The summed E-state index contributed by atoms with van der Waals surface area (Å²) in [6.07, 6.45) is 11.1. The Kier molecular flexibility index (Phi) is 10.4. The predicted molar refractivity (Wildman–Crippen MR) is 170 cm³/mol. The van der Waals surface area contributed by atoms with Crippen molar-refractivity contribution in [2.75, 3.05) is 20.3 Å². The first kappa shape index (κ1) is 34.9. The quantitative estimate of drug-likeness (QED) is 0.230. The van der Waals surface area contributed by atoms with E-state index in [-0.39, 0.29) is 31.0 Å². The molecule has 5 rings (SSSR count). The molecule has 9 atom stereocenters. The van der Waals surface area contributed by atoms with E-state index in [9.17, 15) is 19.8 Å². The second-order valence-electron chi connectivity index (χ2n) is 13.2. The van der Waals surface area contributed by atoms with Gasteiger partial charge in [-0.1, -0.05) is 43.2 Å². The van der Waals surface area contributed by atoms with E-state index >= 15 is 0 Å². The first-order valence-corrected chi connectivity index (χ1v) is 15.9. The van der Waals surface area contributed by atoms with E-state index in [0.717, 1.165) is 5.57 Å². The Bertz CT molecular complexity index is 1490. The van der Waals surface area contributed by atoms with Gasteiger partial charge in [-0.2, -0.15) is 0 Å². The molecule has 1 aliphatic carbocycles. The molecule has 12 heteroatoms. The Morgan fingerprint density at radius 2 is 1.98 bits per heavy atom. The van der Waals surface area contributed by atoms with Crippen molar-refractivity contribution in [1.82, 2.24) is 9.55 Å². The molecule has 2 bridgehead atoms. The number of carbonyl (C=O) groups excluding carboxylic acids is 2. The van der Waals surface area contributed by atoms with E-state index in [0.29, 0.717) is 17.7 Å². The monoisotopic (exact) mass is 654 g/mol. The smallest absolute Gasteiger partial charge is 0.331 e. The van der Waals surface area contributed by atoms with Crippen LogP contribution in [0.15, 0.2) is 65.7 Å². The van der Waals surface area contributed by atoms with Gasteiger partial charge in [-0.15, -0.1) is 0 Å². The lowest BCUT2D eigenvalue weighted by atomic mass is 9.70. The normalized spacial score (nSPS) is 35.4. The number of nitrogens with zero attached hydrogens (tertiary/aromatic N) is 2. The second kappa shape index (κ2) is 14.0. The molecule has 4 heterocycles. The summed E-state index contributed by atoms with van der Waals surface area (Å²) in [4.78, 5) is 29.3. The molecule has 1 aromatic heterocycles. The fourth-order valence-electron chi connectivity index (χ4n) is 6.72. The number of esters is 2. The second-order valence-corrected chi connectivity index (χ2v) is 13.2. The Morgan fingerprint density at radius 1 is 1.21 bits per heavy atom. The molecule has 3 aliphatic heterocycles. The van der Waals surface area contributed by atoms with E-state index in [4.69, 9.17) is 28.4 Å². The lowest BCUT2D eigenvalue weighted by Crippen LogP contribution is -2.55. The number of aromatic nitrogens is 2. The highest BCUT2D eigenvalue weighted by atomic mass is 16.7. The van der Waals surface area contributed by atoms with Crippen LogP contribution in [0.1, 0.15) is 46.7 Å². The Balaban J connectivity index is 1.49. The van der Waals surface area contributed by atoms with Gasteiger partial charge in [0.25, 0.3) is 0 Å². The summed E-state index contributed by atoms with van der Waals surface area (Å²) < 4.78 is 38.0. The molecule has 47 heavy (non-hydrogen) atoms. The zero-order chi connectivity index (χ0) is 34.1. The van der Waals surface area contributed by atoms with Crippen molar-refractivity contribution in [3.05, 3.63) is 71.4 Å². The van der Waals surface area contributed by atoms with Gasteiger partial charge in [0.15, 0.2) is 12.4 Å². The number of methoxy groups -OCH3 is 1. The van der Waals surface area contributed by atoms with Gasteiger partial charge in [-0.25, -0.2) is 9.78 Å². The molecule has 1 aromatic rings.